The highest BCUT2D eigenvalue weighted by Crippen LogP contribution is 2.37. The van der Waals surface area contributed by atoms with Gasteiger partial charge in [-0.1, -0.05) is 30.3 Å². The van der Waals surface area contributed by atoms with Crippen molar-refractivity contribution in [2.24, 2.45) is 0 Å². The number of aromatic hydroxyl groups is 1. The van der Waals surface area contributed by atoms with Crippen LogP contribution in [0.25, 0.3) is 5.57 Å². The fourth-order valence-corrected chi connectivity index (χ4v) is 4.18. The lowest BCUT2D eigenvalue weighted by atomic mass is 9.91. The third-order valence-electron chi connectivity index (χ3n) is 3.90. The highest BCUT2D eigenvalue weighted by molar-refractivity contribution is 9.12. The van der Waals surface area contributed by atoms with Crippen LogP contribution in [-0.2, 0) is 14.9 Å². The number of allylic oxidation sites excluding steroid dienone is 5. The van der Waals surface area contributed by atoms with Gasteiger partial charge in [0.15, 0.2) is 10.7 Å². The summed E-state index contributed by atoms with van der Waals surface area (Å²) in [5, 5.41) is 9.80. The van der Waals surface area contributed by atoms with E-state index in [4.69, 9.17) is 4.55 Å². The summed E-state index contributed by atoms with van der Waals surface area (Å²) in [5.41, 5.74) is 2.05. The predicted octanol–water partition coefficient (Wildman–Crippen LogP) is 3.79. The molecule has 2 aromatic rings. The first kappa shape index (κ1) is 19.8. The minimum Gasteiger partial charge on any atom is -0.507 e. The molecule has 8 heteroatoms. The SMILES string of the molecule is O=C1C=CC(=C(c2ccc(O)c(Br)c2)c2ccccc2S(=O)(=O)[OH2+])C=C1Br. The standard InChI is InChI=1S/C19H12Br2O5S/c20-14-9-11(5-7-16(14)22)19(12-6-8-17(23)15(21)10-12)13-3-1-2-4-18(13)27(24,25)26/h1-10,22H,(H,24,25,26)/p+1. The number of ketones is 1. The molecule has 0 aliphatic heterocycles. The van der Waals surface area contributed by atoms with Gasteiger partial charge in [0, 0.05) is 5.56 Å². The molecule has 27 heavy (non-hydrogen) atoms. The van der Waals surface area contributed by atoms with Gasteiger partial charge in [-0.2, -0.15) is 0 Å². The van der Waals surface area contributed by atoms with Crippen molar-refractivity contribution < 1.29 is 22.9 Å². The molecular weight excluding hydrogens is 500 g/mol. The smallest absolute Gasteiger partial charge is 0.409 e. The van der Waals surface area contributed by atoms with Gasteiger partial charge in [-0.25, -0.2) is 0 Å². The maximum absolute atomic E-state index is 12.0. The molecule has 0 saturated carbocycles. The number of halogens is 2. The molecular formula is C19H13Br2O5S+. The van der Waals surface area contributed by atoms with Crippen molar-refractivity contribution in [1.82, 2.24) is 0 Å². The number of carbonyl (C=O) groups is 1. The van der Waals surface area contributed by atoms with E-state index in [1.807, 2.05) is 0 Å². The Hall–Kier alpha value is -2.00. The number of benzene rings is 2. The van der Waals surface area contributed by atoms with Crippen LogP contribution >= 0.6 is 31.9 Å². The van der Waals surface area contributed by atoms with Crippen LogP contribution in [0.3, 0.4) is 0 Å². The van der Waals surface area contributed by atoms with E-state index in [9.17, 15) is 18.3 Å². The minimum atomic E-state index is -4.24. The molecule has 0 spiro atoms. The summed E-state index contributed by atoms with van der Waals surface area (Å²) >= 11 is 6.48. The summed E-state index contributed by atoms with van der Waals surface area (Å²) < 4.78 is 32.3. The lowest BCUT2D eigenvalue weighted by molar-refractivity contribution is -0.110. The van der Waals surface area contributed by atoms with Crippen molar-refractivity contribution in [3.63, 3.8) is 0 Å². The first-order valence-electron chi connectivity index (χ1n) is 7.60. The van der Waals surface area contributed by atoms with Crippen LogP contribution < -0.4 is 0 Å². The Kier molecular flexibility index (Phi) is 5.53. The highest BCUT2D eigenvalue weighted by atomic mass is 79.9. The van der Waals surface area contributed by atoms with Crippen molar-refractivity contribution in [1.29, 1.82) is 0 Å². The fourth-order valence-electron chi connectivity index (χ4n) is 2.70. The minimum absolute atomic E-state index is 0.0376. The monoisotopic (exact) mass is 511 g/mol. The zero-order valence-electron chi connectivity index (χ0n) is 13.6. The van der Waals surface area contributed by atoms with Gasteiger partial charge in [-0.05, 0) is 78.9 Å². The van der Waals surface area contributed by atoms with E-state index in [2.05, 4.69) is 31.9 Å². The van der Waals surface area contributed by atoms with Gasteiger partial charge in [-0.15, -0.1) is 8.42 Å². The number of phenols is 1. The summed E-state index contributed by atoms with van der Waals surface area (Å²) in [7, 11) is -4.24. The molecule has 3 N–H and O–H groups in total. The second-order valence-corrected chi connectivity index (χ2v) is 8.84. The Morgan fingerprint density at radius 3 is 2.37 bits per heavy atom. The molecule has 3 rings (SSSR count). The Balaban J connectivity index is 2.40. The summed E-state index contributed by atoms with van der Waals surface area (Å²) in [4.78, 5) is 11.6. The first-order chi connectivity index (χ1) is 12.7. The third kappa shape index (κ3) is 4.14. The molecule has 0 bridgehead atoms. The van der Waals surface area contributed by atoms with Crippen LogP contribution in [-0.4, -0.2) is 23.9 Å². The summed E-state index contributed by atoms with van der Waals surface area (Å²) in [6.07, 6.45) is 4.58. The van der Waals surface area contributed by atoms with Gasteiger partial charge in [0.2, 0.25) is 0 Å². The maximum Gasteiger partial charge on any atom is 0.409 e. The van der Waals surface area contributed by atoms with Gasteiger partial charge in [0.25, 0.3) is 0 Å². The van der Waals surface area contributed by atoms with E-state index in [0.717, 1.165) is 0 Å². The normalized spacial score (nSPS) is 16.3. The summed E-state index contributed by atoms with van der Waals surface area (Å²) in [6, 6.07) is 11.0. The molecule has 0 amide bonds. The zero-order valence-corrected chi connectivity index (χ0v) is 17.6. The number of hydrogen-bond donors (Lipinski definition) is 1. The quantitative estimate of drug-likeness (QED) is 0.633. The van der Waals surface area contributed by atoms with Crippen molar-refractivity contribution >= 4 is 53.3 Å². The predicted molar refractivity (Wildman–Crippen MR) is 110 cm³/mol. The van der Waals surface area contributed by atoms with E-state index >= 15 is 0 Å². The largest absolute Gasteiger partial charge is 0.507 e. The van der Waals surface area contributed by atoms with Crippen molar-refractivity contribution in [3.05, 3.63) is 86.3 Å². The number of carbonyl (C=O) groups excluding carboxylic acids is 1. The topological polar surface area (TPSA) is 94.3 Å². The Morgan fingerprint density at radius 1 is 1.04 bits per heavy atom. The summed E-state index contributed by atoms with van der Waals surface area (Å²) in [6.45, 7) is 0. The van der Waals surface area contributed by atoms with E-state index in [-0.39, 0.29) is 16.4 Å². The molecule has 0 radical (unpaired) electrons. The molecule has 2 aromatic carbocycles. The maximum atomic E-state index is 12.0. The van der Waals surface area contributed by atoms with Gasteiger partial charge >= 0.3 is 10.1 Å². The molecule has 0 saturated heterocycles. The van der Waals surface area contributed by atoms with Gasteiger partial charge in [0.1, 0.15) is 5.75 Å². The van der Waals surface area contributed by atoms with Crippen molar-refractivity contribution in [3.8, 4) is 5.75 Å². The number of phenolic OH excluding ortho intramolecular Hbond substituents is 1. The van der Waals surface area contributed by atoms with Crippen LogP contribution in [0.2, 0.25) is 0 Å². The molecule has 5 nitrogen and oxygen atoms in total. The molecule has 0 unspecified atom stereocenters. The Bertz CT molecular complexity index is 1140. The van der Waals surface area contributed by atoms with E-state index in [0.29, 0.717) is 31.2 Å². The van der Waals surface area contributed by atoms with Crippen LogP contribution in [0, 0.1) is 0 Å². The lowest BCUT2D eigenvalue weighted by Gasteiger charge is -2.16. The fraction of sp³-hybridized carbons (Fsp3) is 0. The van der Waals surface area contributed by atoms with E-state index in [1.165, 1.54) is 18.2 Å². The molecule has 1 aliphatic rings. The second-order valence-electron chi connectivity index (χ2n) is 5.69. The Morgan fingerprint density at radius 2 is 1.74 bits per heavy atom. The van der Waals surface area contributed by atoms with E-state index < -0.39 is 10.1 Å². The lowest BCUT2D eigenvalue weighted by Crippen LogP contribution is -2.06. The van der Waals surface area contributed by atoms with Crippen LogP contribution in [0.4, 0.5) is 0 Å². The van der Waals surface area contributed by atoms with E-state index in [1.54, 1.807) is 42.5 Å². The van der Waals surface area contributed by atoms with Crippen molar-refractivity contribution in [2.45, 2.75) is 4.90 Å². The van der Waals surface area contributed by atoms with Crippen LogP contribution in [0.15, 0.2) is 80.1 Å². The third-order valence-corrected chi connectivity index (χ3v) is 6.09. The van der Waals surface area contributed by atoms with Gasteiger partial charge < -0.3 is 9.66 Å². The van der Waals surface area contributed by atoms with Crippen LogP contribution in [0.1, 0.15) is 11.1 Å². The van der Waals surface area contributed by atoms with Gasteiger partial charge in [-0.3, -0.25) is 4.79 Å². The molecule has 0 heterocycles. The average molecular weight is 513 g/mol. The molecule has 1 aliphatic carbocycles. The zero-order chi connectivity index (χ0) is 19.8. The molecule has 0 atom stereocenters. The number of hydrogen-bond acceptors (Lipinski definition) is 4. The van der Waals surface area contributed by atoms with Gasteiger partial charge in [0.05, 0.1) is 8.96 Å². The Labute approximate surface area is 172 Å². The molecule has 0 aromatic heterocycles. The first-order valence-corrected chi connectivity index (χ1v) is 10.7. The molecule has 0 fully saturated rings. The number of rotatable bonds is 3. The molecule has 138 valence electrons. The van der Waals surface area contributed by atoms with Crippen LogP contribution in [0.5, 0.6) is 5.75 Å². The highest BCUT2D eigenvalue weighted by Gasteiger charge is 2.24. The second kappa shape index (κ2) is 7.55. The summed E-state index contributed by atoms with van der Waals surface area (Å²) in [5.74, 6) is -0.165. The van der Waals surface area contributed by atoms with Crippen molar-refractivity contribution in [2.75, 3.05) is 0 Å². The average Bonchev–Trinajstić information content (AvgIpc) is 2.61.